The molecule has 0 bridgehead atoms. The Bertz CT molecular complexity index is 985. The number of carbonyl (C=O) groups excluding carboxylic acids is 1. The zero-order chi connectivity index (χ0) is 20.9. The van der Waals surface area contributed by atoms with Gasteiger partial charge in [-0.3, -0.25) is 4.79 Å². The van der Waals surface area contributed by atoms with E-state index in [1.807, 2.05) is 6.92 Å². The van der Waals surface area contributed by atoms with Crippen molar-refractivity contribution in [2.45, 2.75) is 30.1 Å². The van der Waals surface area contributed by atoms with Crippen molar-refractivity contribution in [2.75, 3.05) is 14.1 Å². The summed E-state index contributed by atoms with van der Waals surface area (Å²) in [4.78, 5) is 13.8. The van der Waals surface area contributed by atoms with Crippen molar-refractivity contribution in [1.82, 2.24) is 9.21 Å². The molecule has 0 N–H and O–H groups in total. The topological polar surface area (TPSA) is 57.5 Å². The summed E-state index contributed by atoms with van der Waals surface area (Å²) in [5.41, 5.74) is 0.383. The van der Waals surface area contributed by atoms with Crippen LogP contribution in [0.1, 0.15) is 22.7 Å². The van der Waals surface area contributed by atoms with E-state index in [1.165, 1.54) is 43.3 Å². The van der Waals surface area contributed by atoms with Crippen LogP contribution in [0.4, 0.5) is 13.2 Å². The lowest BCUT2D eigenvalue weighted by Gasteiger charge is -2.10. The molecule has 5 nitrogen and oxygen atoms in total. The largest absolute Gasteiger partial charge is 0.416 e. The minimum Gasteiger partial charge on any atom is -0.347 e. The maximum absolute atomic E-state index is 13.0. The lowest BCUT2D eigenvalue weighted by Crippen LogP contribution is -2.30. The number of rotatable bonds is 4. The molecule has 3 atom stereocenters. The molecule has 150 valence electrons. The maximum Gasteiger partial charge on any atom is 0.416 e. The van der Waals surface area contributed by atoms with Gasteiger partial charge < -0.3 is 4.90 Å². The second-order valence-electron chi connectivity index (χ2n) is 6.89. The fourth-order valence-electron chi connectivity index (χ4n) is 3.05. The third-order valence-corrected chi connectivity index (χ3v) is 6.50. The Kier molecular flexibility index (Phi) is 5.01. The molecule has 1 saturated heterocycles. The van der Waals surface area contributed by atoms with Crippen molar-refractivity contribution in [3.8, 4) is 0 Å². The third-order valence-electron chi connectivity index (χ3n) is 4.63. The van der Waals surface area contributed by atoms with Gasteiger partial charge in [0, 0.05) is 14.1 Å². The molecule has 1 amide bonds. The third kappa shape index (κ3) is 3.64. The normalized spacial score (nSPS) is 22.0. The molecule has 2 aromatic carbocycles. The number of carbonyl (C=O) groups is 1. The summed E-state index contributed by atoms with van der Waals surface area (Å²) < 4.78 is 65.5. The van der Waals surface area contributed by atoms with Crippen molar-refractivity contribution < 1.29 is 26.4 Å². The second-order valence-corrected chi connectivity index (χ2v) is 8.73. The quantitative estimate of drug-likeness (QED) is 0.725. The van der Waals surface area contributed by atoms with Gasteiger partial charge in [0.1, 0.15) is 6.04 Å². The highest BCUT2D eigenvalue weighted by atomic mass is 32.2. The SMILES string of the molecule is Cc1ccc(S(=O)(=O)N2[C@@H](C(=O)N(C)C)[C@@H]2c2ccc(C(F)(F)F)cc2)cc1. The Balaban J connectivity index is 1.99. The van der Waals surface area contributed by atoms with Gasteiger partial charge in [0.15, 0.2) is 0 Å². The van der Waals surface area contributed by atoms with Gasteiger partial charge in [0.2, 0.25) is 15.9 Å². The molecule has 9 heteroatoms. The van der Waals surface area contributed by atoms with Crippen LogP contribution in [-0.2, 0) is 21.0 Å². The molecule has 1 aliphatic rings. The minimum atomic E-state index is -4.49. The Labute approximate surface area is 161 Å². The van der Waals surface area contributed by atoms with Crippen molar-refractivity contribution >= 4 is 15.9 Å². The van der Waals surface area contributed by atoms with E-state index in [2.05, 4.69) is 0 Å². The van der Waals surface area contributed by atoms with E-state index in [0.29, 0.717) is 5.56 Å². The Morgan fingerprint density at radius 1 is 1.00 bits per heavy atom. The van der Waals surface area contributed by atoms with E-state index in [1.54, 1.807) is 12.1 Å². The highest BCUT2D eigenvalue weighted by Gasteiger charge is 2.60. The Hall–Kier alpha value is -2.39. The molecule has 0 spiro atoms. The van der Waals surface area contributed by atoms with E-state index in [0.717, 1.165) is 22.0 Å². The number of likely N-dealkylation sites (N-methyl/N-ethyl adjacent to an activating group) is 1. The van der Waals surface area contributed by atoms with Crippen molar-refractivity contribution in [1.29, 1.82) is 0 Å². The molecule has 0 aromatic heterocycles. The summed E-state index contributed by atoms with van der Waals surface area (Å²) in [6.07, 6.45) is -4.49. The highest BCUT2D eigenvalue weighted by molar-refractivity contribution is 7.89. The van der Waals surface area contributed by atoms with Crippen LogP contribution in [0.15, 0.2) is 53.4 Å². The number of alkyl halides is 3. The Morgan fingerprint density at radius 3 is 2.00 bits per heavy atom. The average molecular weight is 412 g/mol. The molecular formula is C19H19F3N2O3S. The van der Waals surface area contributed by atoms with Crippen molar-refractivity contribution in [3.63, 3.8) is 0 Å². The molecular weight excluding hydrogens is 393 g/mol. The van der Waals surface area contributed by atoms with Crippen LogP contribution >= 0.6 is 0 Å². The first-order chi connectivity index (χ1) is 12.9. The van der Waals surface area contributed by atoms with Crippen LogP contribution in [0.25, 0.3) is 0 Å². The predicted molar refractivity (Wildman–Crippen MR) is 96.9 cm³/mol. The van der Waals surface area contributed by atoms with E-state index in [4.69, 9.17) is 0 Å². The van der Waals surface area contributed by atoms with Gasteiger partial charge in [-0.05, 0) is 36.8 Å². The minimum absolute atomic E-state index is 0.0315. The van der Waals surface area contributed by atoms with Gasteiger partial charge in [-0.1, -0.05) is 29.8 Å². The number of hydrogen-bond acceptors (Lipinski definition) is 3. The molecule has 3 rings (SSSR count). The number of amides is 1. The number of halogens is 3. The van der Waals surface area contributed by atoms with Crippen molar-refractivity contribution in [3.05, 3.63) is 65.2 Å². The first-order valence-corrected chi connectivity index (χ1v) is 9.87. The molecule has 1 unspecified atom stereocenters. The standard InChI is InChI=1S/C19H19F3N2O3S/c1-12-4-10-15(11-5-12)28(26,27)24-16(17(24)18(25)23(2)3)13-6-8-14(9-7-13)19(20,21)22/h4-11,16-17H,1-3H3/t16-,17+,24?/m0/s1. The average Bonchev–Trinajstić information content (AvgIpc) is 3.37. The molecule has 0 saturated carbocycles. The predicted octanol–water partition coefficient (Wildman–Crippen LogP) is 3.22. The van der Waals surface area contributed by atoms with Crippen LogP contribution in [0.5, 0.6) is 0 Å². The fourth-order valence-corrected chi connectivity index (χ4v) is 4.76. The van der Waals surface area contributed by atoms with Crippen LogP contribution in [0, 0.1) is 6.92 Å². The van der Waals surface area contributed by atoms with Gasteiger partial charge in [-0.25, -0.2) is 8.42 Å². The summed E-state index contributed by atoms with van der Waals surface area (Å²) in [6, 6.07) is 8.57. The van der Waals surface area contributed by atoms with Crippen molar-refractivity contribution in [2.24, 2.45) is 0 Å². The summed E-state index contributed by atoms with van der Waals surface area (Å²) in [6.45, 7) is 1.82. The van der Waals surface area contributed by atoms with Crippen LogP contribution in [0.2, 0.25) is 0 Å². The summed E-state index contributed by atoms with van der Waals surface area (Å²) in [7, 11) is -0.980. The number of benzene rings is 2. The van der Waals surface area contributed by atoms with Crippen LogP contribution in [-0.4, -0.2) is 43.7 Å². The van der Waals surface area contributed by atoms with Gasteiger partial charge in [-0.15, -0.1) is 0 Å². The lowest BCUT2D eigenvalue weighted by atomic mass is 10.1. The highest BCUT2D eigenvalue weighted by Crippen LogP contribution is 2.48. The lowest BCUT2D eigenvalue weighted by molar-refractivity contribution is -0.137. The fraction of sp³-hybridized carbons (Fsp3) is 0.316. The van der Waals surface area contributed by atoms with Gasteiger partial charge in [-0.2, -0.15) is 17.5 Å². The van der Waals surface area contributed by atoms with E-state index >= 15 is 0 Å². The first-order valence-electron chi connectivity index (χ1n) is 8.43. The second kappa shape index (κ2) is 6.89. The summed E-state index contributed by atoms with van der Waals surface area (Å²) in [5.74, 6) is -0.430. The van der Waals surface area contributed by atoms with E-state index < -0.39 is 39.8 Å². The number of nitrogens with zero attached hydrogens (tertiary/aromatic N) is 2. The monoisotopic (exact) mass is 412 g/mol. The van der Waals surface area contributed by atoms with Gasteiger partial charge in [0.05, 0.1) is 16.5 Å². The zero-order valence-corrected chi connectivity index (χ0v) is 16.3. The van der Waals surface area contributed by atoms with Gasteiger partial charge in [0.25, 0.3) is 0 Å². The van der Waals surface area contributed by atoms with E-state index in [9.17, 15) is 26.4 Å². The Morgan fingerprint density at radius 2 is 1.54 bits per heavy atom. The molecule has 1 fully saturated rings. The maximum atomic E-state index is 13.0. The summed E-state index contributed by atoms with van der Waals surface area (Å²) in [5, 5.41) is 0. The summed E-state index contributed by atoms with van der Waals surface area (Å²) >= 11 is 0. The molecule has 2 aromatic rings. The number of hydrogen-bond donors (Lipinski definition) is 0. The number of aryl methyl sites for hydroxylation is 1. The first kappa shape index (κ1) is 20.3. The molecule has 1 aliphatic heterocycles. The molecule has 28 heavy (non-hydrogen) atoms. The molecule has 0 aliphatic carbocycles. The van der Waals surface area contributed by atoms with E-state index in [-0.39, 0.29) is 4.90 Å². The molecule has 0 radical (unpaired) electrons. The smallest absolute Gasteiger partial charge is 0.347 e. The van der Waals surface area contributed by atoms with Crippen LogP contribution in [0.3, 0.4) is 0 Å². The zero-order valence-electron chi connectivity index (χ0n) is 15.4. The number of sulfonamides is 1. The molecule has 1 heterocycles. The van der Waals surface area contributed by atoms with Gasteiger partial charge >= 0.3 is 6.18 Å². The van der Waals surface area contributed by atoms with Crippen LogP contribution < -0.4 is 0 Å².